The highest BCUT2D eigenvalue weighted by Crippen LogP contribution is 2.30. The summed E-state index contributed by atoms with van der Waals surface area (Å²) in [7, 11) is 0. The molecule has 0 saturated heterocycles. The number of nitrogens with zero attached hydrogens (tertiary/aromatic N) is 1. The summed E-state index contributed by atoms with van der Waals surface area (Å²) in [6.07, 6.45) is 0.623. The van der Waals surface area contributed by atoms with Gasteiger partial charge in [0.1, 0.15) is 11.4 Å². The fourth-order valence-electron chi connectivity index (χ4n) is 2.42. The van der Waals surface area contributed by atoms with E-state index < -0.39 is 5.60 Å². The molecule has 0 unspecified atom stereocenters. The van der Waals surface area contributed by atoms with Gasteiger partial charge in [0.25, 0.3) is 0 Å². The van der Waals surface area contributed by atoms with Gasteiger partial charge in [-0.2, -0.15) is 0 Å². The predicted molar refractivity (Wildman–Crippen MR) is 83.1 cm³/mol. The molecule has 4 heteroatoms. The van der Waals surface area contributed by atoms with E-state index >= 15 is 0 Å². The van der Waals surface area contributed by atoms with Crippen LogP contribution in [0.3, 0.4) is 0 Å². The van der Waals surface area contributed by atoms with Gasteiger partial charge in [0.2, 0.25) is 0 Å². The molecule has 0 aromatic heterocycles. The summed E-state index contributed by atoms with van der Waals surface area (Å²) in [5.41, 5.74) is 2.97. The van der Waals surface area contributed by atoms with Gasteiger partial charge >= 0.3 is 6.09 Å². The molecule has 0 saturated carbocycles. The summed E-state index contributed by atoms with van der Waals surface area (Å²) in [5, 5.41) is 9.39. The smallest absolute Gasteiger partial charge is 0.410 e. The summed E-state index contributed by atoms with van der Waals surface area (Å²) in [6.45, 7) is 8.88. The number of carbonyl (C=O) groups excluding carboxylic acids is 1. The Labute approximate surface area is 126 Å². The number of carbonyl (C=O) groups is 1. The van der Waals surface area contributed by atoms with E-state index in [4.69, 9.17) is 4.74 Å². The third kappa shape index (κ3) is 3.78. The molecular formula is C17H23NO3. The average molecular weight is 289 g/mol. The molecule has 1 aromatic rings. The Balaban J connectivity index is 2.15. The number of benzene rings is 1. The van der Waals surface area contributed by atoms with Crippen LogP contribution in [-0.2, 0) is 4.74 Å². The molecule has 4 nitrogen and oxygen atoms in total. The molecule has 0 aliphatic carbocycles. The van der Waals surface area contributed by atoms with Crippen molar-refractivity contribution in [3.8, 4) is 5.75 Å². The van der Waals surface area contributed by atoms with E-state index in [0.29, 0.717) is 13.1 Å². The molecular weight excluding hydrogens is 266 g/mol. The molecule has 0 fully saturated rings. The third-order valence-corrected chi connectivity index (χ3v) is 3.45. The highest BCUT2D eigenvalue weighted by Gasteiger charge is 2.29. The fourth-order valence-corrected chi connectivity index (χ4v) is 2.42. The van der Waals surface area contributed by atoms with E-state index in [-0.39, 0.29) is 11.8 Å². The Morgan fingerprint density at radius 1 is 1.24 bits per heavy atom. The number of hydrogen-bond donors (Lipinski definition) is 1. The van der Waals surface area contributed by atoms with Gasteiger partial charge in [-0.3, -0.25) is 4.90 Å². The van der Waals surface area contributed by atoms with Crippen LogP contribution in [-0.4, -0.2) is 34.8 Å². The molecule has 2 rings (SSSR count). The molecule has 0 atom stereocenters. The molecule has 1 aliphatic heterocycles. The van der Waals surface area contributed by atoms with E-state index in [0.717, 1.165) is 17.6 Å². The first-order valence-electron chi connectivity index (χ1n) is 7.28. The van der Waals surface area contributed by atoms with Crippen molar-refractivity contribution in [3.05, 3.63) is 35.4 Å². The highest BCUT2D eigenvalue weighted by molar-refractivity contribution is 5.79. The molecule has 21 heavy (non-hydrogen) atoms. The minimum absolute atomic E-state index is 0.249. The van der Waals surface area contributed by atoms with Gasteiger partial charge in [-0.1, -0.05) is 19.1 Å². The lowest BCUT2D eigenvalue weighted by molar-refractivity contribution is 0.0303. The predicted octanol–water partition coefficient (Wildman–Crippen LogP) is 3.81. The SMILES string of the molecule is CCC1=C(c2ccc(O)cc2)CN(C(=O)OC(C)(C)C)C1. The van der Waals surface area contributed by atoms with E-state index in [1.165, 1.54) is 5.57 Å². The second-order valence-corrected chi connectivity index (χ2v) is 6.32. The van der Waals surface area contributed by atoms with Gasteiger partial charge in [0.15, 0.2) is 0 Å². The largest absolute Gasteiger partial charge is 0.508 e. The first-order chi connectivity index (χ1) is 9.80. The molecule has 114 valence electrons. The second kappa shape index (κ2) is 5.80. The molecule has 1 heterocycles. The second-order valence-electron chi connectivity index (χ2n) is 6.32. The summed E-state index contributed by atoms with van der Waals surface area (Å²) in [4.78, 5) is 13.9. The molecule has 0 radical (unpaired) electrons. The average Bonchev–Trinajstić information content (AvgIpc) is 2.82. The van der Waals surface area contributed by atoms with Crippen molar-refractivity contribution in [2.24, 2.45) is 0 Å². The zero-order valence-corrected chi connectivity index (χ0v) is 13.1. The first-order valence-corrected chi connectivity index (χ1v) is 7.28. The van der Waals surface area contributed by atoms with Crippen LogP contribution >= 0.6 is 0 Å². The molecule has 1 aromatic carbocycles. The number of ether oxygens (including phenoxy) is 1. The highest BCUT2D eigenvalue weighted by atomic mass is 16.6. The molecule has 0 spiro atoms. The standard InChI is InChI=1S/C17H23NO3/c1-5-12-10-18(16(20)21-17(2,3)4)11-15(12)13-6-8-14(19)9-7-13/h6-9,19H,5,10-11H2,1-4H3. The summed E-state index contributed by atoms with van der Waals surface area (Å²) >= 11 is 0. The molecule has 1 amide bonds. The van der Waals surface area contributed by atoms with Crippen LogP contribution in [0, 0.1) is 0 Å². The number of aromatic hydroxyl groups is 1. The lowest BCUT2D eigenvalue weighted by atomic mass is 10.0. The zero-order chi connectivity index (χ0) is 15.6. The van der Waals surface area contributed by atoms with Crippen molar-refractivity contribution in [2.45, 2.75) is 39.7 Å². The minimum Gasteiger partial charge on any atom is -0.508 e. The maximum Gasteiger partial charge on any atom is 0.410 e. The quantitative estimate of drug-likeness (QED) is 0.900. The zero-order valence-electron chi connectivity index (χ0n) is 13.1. The van der Waals surface area contributed by atoms with E-state index in [9.17, 15) is 9.90 Å². The van der Waals surface area contributed by atoms with Gasteiger partial charge in [-0.25, -0.2) is 4.79 Å². The normalized spacial score (nSPS) is 15.5. The maximum absolute atomic E-state index is 12.2. The van der Waals surface area contributed by atoms with Crippen molar-refractivity contribution in [1.29, 1.82) is 0 Å². The van der Waals surface area contributed by atoms with Gasteiger partial charge < -0.3 is 9.84 Å². The summed E-state index contributed by atoms with van der Waals surface area (Å²) in [5.74, 6) is 0.249. The van der Waals surface area contributed by atoms with Crippen LogP contribution < -0.4 is 0 Å². The fraction of sp³-hybridized carbons (Fsp3) is 0.471. The minimum atomic E-state index is -0.481. The van der Waals surface area contributed by atoms with Crippen LogP contribution in [0.2, 0.25) is 0 Å². The molecule has 0 bridgehead atoms. The number of phenols is 1. The van der Waals surface area contributed by atoms with Gasteiger partial charge in [-0.05, 0) is 56.0 Å². The van der Waals surface area contributed by atoms with E-state index in [1.54, 1.807) is 17.0 Å². The van der Waals surface area contributed by atoms with Crippen LogP contribution in [0.1, 0.15) is 39.7 Å². The van der Waals surface area contributed by atoms with Crippen molar-refractivity contribution >= 4 is 11.7 Å². The van der Waals surface area contributed by atoms with E-state index in [2.05, 4.69) is 6.92 Å². The van der Waals surface area contributed by atoms with Gasteiger partial charge in [0.05, 0.1) is 0 Å². The van der Waals surface area contributed by atoms with E-state index in [1.807, 2.05) is 32.9 Å². The molecule has 1 aliphatic rings. The Kier molecular flexibility index (Phi) is 4.26. The monoisotopic (exact) mass is 289 g/mol. The third-order valence-electron chi connectivity index (χ3n) is 3.45. The number of phenolic OH excluding ortho intramolecular Hbond substituents is 1. The van der Waals surface area contributed by atoms with Crippen molar-refractivity contribution in [2.75, 3.05) is 13.1 Å². The number of hydrogen-bond acceptors (Lipinski definition) is 3. The van der Waals surface area contributed by atoms with Crippen molar-refractivity contribution in [3.63, 3.8) is 0 Å². The summed E-state index contributed by atoms with van der Waals surface area (Å²) < 4.78 is 5.44. The van der Waals surface area contributed by atoms with Crippen LogP contribution in [0.15, 0.2) is 29.8 Å². The Morgan fingerprint density at radius 2 is 1.86 bits per heavy atom. The van der Waals surface area contributed by atoms with Crippen molar-refractivity contribution < 1.29 is 14.6 Å². The number of rotatable bonds is 2. The molecule has 1 N–H and O–H groups in total. The van der Waals surface area contributed by atoms with Crippen LogP contribution in [0.25, 0.3) is 5.57 Å². The lowest BCUT2D eigenvalue weighted by Gasteiger charge is -2.24. The Hall–Kier alpha value is -1.97. The summed E-state index contributed by atoms with van der Waals surface area (Å²) in [6, 6.07) is 7.12. The Morgan fingerprint density at radius 3 is 2.38 bits per heavy atom. The number of amides is 1. The van der Waals surface area contributed by atoms with Crippen LogP contribution in [0.5, 0.6) is 5.75 Å². The first kappa shape index (κ1) is 15.4. The maximum atomic E-state index is 12.2. The lowest BCUT2D eigenvalue weighted by Crippen LogP contribution is -2.35. The van der Waals surface area contributed by atoms with Crippen molar-refractivity contribution in [1.82, 2.24) is 4.90 Å². The van der Waals surface area contributed by atoms with Crippen LogP contribution in [0.4, 0.5) is 4.79 Å². The topological polar surface area (TPSA) is 49.8 Å². The van der Waals surface area contributed by atoms with Gasteiger partial charge in [0, 0.05) is 13.1 Å². The Bertz CT molecular complexity index is 552. The van der Waals surface area contributed by atoms with Gasteiger partial charge in [-0.15, -0.1) is 0 Å².